The summed E-state index contributed by atoms with van der Waals surface area (Å²) >= 11 is 0. The number of aryl methyl sites for hydroxylation is 1. The maximum absolute atomic E-state index is 12.4. The van der Waals surface area contributed by atoms with Gasteiger partial charge >= 0.3 is 0 Å². The molecule has 0 unspecified atom stereocenters. The highest BCUT2D eigenvalue weighted by Crippen LogP contribution is 2.17. The average Bonchev–Trinajstić information content (AvgIpc) is 2.97. The summed E-state index contributed by atoms with van der Waals surface area (Å²) in [5, 5.41) is 2.86. The van der Waals surface area contributed by atoms with Gasteiger partial charge in [-0.2, -0.15) is 0 Å². The van der Waals surface area contributed by atoms with Crippen LogP contribution in [0.4, 0.5) is 5.69 Å². The predicted molar refractivity (Wildman–Crippen MR) is 94.7 cm³/mol. The summed E-state index contributed by atoms with van der Waals surface area (Å²) in [6.45, 7) is 6.87. The Balaban J connectivity index is 1.69. The summed E-state index contributed by atoms with van der Waals surface area (Å²) in [5.41, 5.74) is 2.97. The molecule has 1 N–H and O–H groups in total. The number of hydrogen-bond donors (Lipinski definition) is 1. The van der Waals surface area contributed by atoms with E-state index in [1.165, 1.54) is 0 Å². The molecule has 0 aliphatic heterocycles. The fraction of sp³-hybridized carbons (Fsp3) is 0.263. The van der Waals surface area contributed by atoms with E-state index in [2.05, 4.69) is 24.1 Å². The third-order valence-corrected chi connectivity index (χ3v) is 3.54. The summed E-state index contributed by atoms with van der Waals surface area (Å²) in [6, 6.07) is 11.3. The third-order valence-electron chi connectivity index (χ3n) is 3.54. The van der Waals surface area contributed by atoms with Crippen LogP contribution in [0.3, 0.4) is 0 Å². The molecule has 0 bridgehead atoms. The van der Waals surface area contributed by atoms with Gasteiger partial charge in [-0.25, -0.2) is 4.98 Å². The highest BCUT2D eigenvalue weighted by atomic mass is 16.5. The number of benzene rings is 1. The van der Waals surface area contributed by atoms with E-state index in [0.29, 0.717) is 23.9 Å². The Morgan fingerprint density at radius 1 is 1.25 bits per heavy atom. The molecule has 5 heteroatoms. The first-order valence-corrected chi connectivity index (χ1v) is 8.01. The maximum atomic E-state index is 12.4. The quantitative estimate of drug-likeness (QED) is 0.774. The van der Waals surface area contributed by atoms with Crippen molar-refractivity contribution in [3.05, 3.63) is 60.0 Å². The highest BCUT2D eigenvalue weighted by Gasteiger charge is 2.11. The van der Waals surface area contributed by atoms with Crippen LogP contribution < -0.4 is 10.1 Å². The zero-order valence-electron chi connectivity index (χ0n) is 14.1. The van der Waals surface area contributed by atoms with Crippen molar-refractivity contribution in [1.29, 1.82) is 0 Å². The Labute approximate surface area is 141 Å². The van der Waals surface area contributed by atoms with Crippen molar-refractivity contribution in [2.75, 3.05) is 11.9 Å². The molecule has 0 atom stereocenters. The second-order valence-corrected chi connectivity index (χ2v) is 6.28. The number of hydrogen-bond acceptors (Lipinski definition) is 3. The van der Waals surface area contributed by atoms with E-state index in [1.807, 2.05) is 53.9 Å². The van der Waals surface area contributed by atoms with Crippen LogP contribution in [-0.4, -0.2) is 21.9 Å². The average molecular weight is 323 g/mol. The molecule has 3 aromatic rings. The normalized spacial score (nSPS) is 11.0. The van der Waals surface area contributed by atoms with Crippen molar-refractivity contribution >= 4 is 17.2 Å². The number of ether oxygens (including phenoxy) is 1. The number of nitrogens with zero attached hydrogens (tertiary/aromatic N) is 2. The van der Waals surface area contributed by atoms with Gasteiger partial charge in [-0.1, -0.05) is 13.8 Å². The van der Waals surface area contributed by atoms with Crippen LogP contribution in [0.1, 0.15) is 29.9 Å². The number of carbonyl (C=O) groups excluding carboxylic acids is 1. The van der Waals surface area contributed by atoms with Crippen LogP contribution in [0.25, 0.3) is 5.65 Å². The molecule has 2 aromatic heterocycles. The first-order valence-electron chi connectivity index (χ1n) is 8.01. The maximum Gasteiger partial charge on any atom is 0.275 e. The zero-order chi connectivity index (χ0) is 17.1. The fourth-order valence-electron chi connectivity index (χ4n) is 2.29. The first kappa shape index (κ1) is 16.1. The number of pyridine rings is 1. The minimum Gasteiger partial charge on any atom is -0.493 e. The smallest absolute Gasteiger partial charge is 0.275 e. The zero-order valence-corrected chi connectivity index (χ0v) is 14.1. The van der Waals surface area contributed by atoms with Crippen LogP contribution in [0.2, 0.25) is 0 Å². The van der Waals surface area contributed by atoms with Gasteiger partial charge in [-0.3, -0.25) is 4.79 Å². The van der Waals surface area contributed by atoms with Crippen molar-refractivity contribution in [2.24, 2.45) is 5.92 Å². The second-order valence-electron chi connectivity index (χ2n) is 6.28. The number of rotatable bonds is 5. The molecule has 0 saturated heterocycles. The van der Waals surface area contributed by atoms with Gasteiger partial charge in [0, 0.05) is 18.1 Å². The molecular formula is C19H21N3O2. The highest BCUT2D eigenvalue weighted by molar-refractivity contribution is 6.03. The van der Waals surface area contributed by atoms with Crippen LogP contribution in [0.5, 0.6) is 5.75 Å². The lowest BCUT2D eigenvalue weighted by atomic mass is 10.2. The molecule has 0 aliphatic carbocycles. The Bertz CT molecular complexity index is 851. The van der Waals surface area contributed by atoms with E-state index in [4.69, 9.17) is 4.74 Å². The van der Waals surface area contributed by atoms with Gasteiger partial charge in [0.05, 0.1) is 6.61 Å². The predicted octanol–water partition coefficient (Wildman–Crippen LogP) is 3.93. The van der Waals surface area contributed by atoms with Crippen LogP contribution >= 0.6 is 0 Å². The van der Waals surface area contributed by atoms with E-state index in [0.717, 1.165) is 17.0 Å². The third kappa shape index (κ3) is 3.74. The monoisotopic (exact) mass is 323 g/mol. The van der Waals surface area contributed by atoms with E-state index in [-0.39, 0.29) is 5.91 Å². The van der Waals surface area contributed by atoms with Gasteiger partial charge < -0.3 is 14.5 Å². The van der Waals surface area contributed by atoms with Crippen LogP contribution in [0, 0.1) is 12.8 Å². The molecule has 5 nitrogen and oxygen atoms in total. The van der Waals surface area contributed by atoms with E-state index in [1.54, 1.807) is 6.20 Å². The number of nitrogens with one attached hydrogen (secondary N) is 1. The summed E-state index contributed by atoms with van der Waals surface area (Å²) in [4.78, 5) is 16.7. The molecule has 2 heterocycles. The summed E-state index contributed by atoms with van der Waals surface area (Å²) in [5.74, 6) is 1.04. The first-order chi connectivity index (χ1) is 11.5. The standard InChI is InChI=1S/C19H21N3O2/c1-13(2)12-24-16-6-4-15(5-7-16)20-19(23)17-11-22-9-8-14(3)10-18(22)21-17/h4-11,13H,12H2,1-3H3,(H,20,23). The molecule has 0 aliphatic rings. The second kappa shape index (κ2) is 6.74. The van der Waals surface area contributed by atoms with Gasteiger partial charge in [0.2, 0.25) is 0 Å². The summed E-state index contributed by atoms with van der Waals surface area (Å²) < 4.78 is 7.47. The van der Waals surface area contributed by atoms with Gasteiger partial charge in [0.15, 0.2) is 0 Å². The minimum atomic E-state index is -0.229. The van der Waals surface area contributed by atoms with Crippen LogP contribution in [0.15, 0.2) is 48.8 Å². The summed E-state index contributed by atoms with van der Waals surface area (Å²) in [6.07, 6.45) is 3.62. The number of imidazole rings is 1. The lowest BCUT2D eigenvalue weighted by Gasteiger charge is -2.09. The Morgan fingerprint density at radius 2 is 2.00 bits per heavy atom. The van der Waals surface area contributed by atoms with Gasteiger partial charge in [-0.05, 0) is 54.8 Å². The number of amides is 1. The van der Waals surface area contributed by atoms with Gasteiger partial charge in [0.1, 0.15) is 17.1 Å². The molecule has 0 spiro atoms. The Morgan fingerprint density at radius 3 is 2.71 bits per heavy atom. The van der Waals surface area contributed by atoms with E-state index in [9.17, 15) is 4.79 Å². The molecule has 0 fully saturated rings. The Hall–Kier alpha value is -2.82. The van der Waals surface area contributed by atoms with Crippen LogP contribution in [-0.2, 0) is 0 Å². The number of carbonyl (C=O) groups is 1. The number of aromatic nitrogens is 2. The molecule has 24 heavy (non-hydrogen) atoms. The SMILES string of the molecule is Cc1ccn2cc(C(=O)Nc3ccc(OCC(C)C)cc3)nc2c1. The minimum absolute atomic E-state index is 0.229. The molecule has 0 saturated carbocycles. The molecule has 0 radical (unpaired) electrons. The molecule has 3 rings (SSSR count). The molecule has 124 valence electrons. The van der Waals surface area contributed by atoms with E-state index >= 15 is 0 Å². The largest absolute Gasteiger partial charge is 0.493 e. The van der Waals surface area contributed by atoms with Crippen molar-refractivity contribution in [1.82, 2.24) is 9.38 Å². The number of anilines is 1. The van der Waals surface area contributed by atoms with Gasteiger partial charge in [0.25, 0.3) is 5.91 Å². The van der Waals surface area contributed by atoms with Crippen molar-refractivity contribution in [3.8, 4) is 5.75 Å². The molecule has 1 aromatic carbocycles. The lowest BCUT2D eigenvalue weighted by Crippen LogP contribution is -2.12. The number of fused-ring (bicyclic) bond motifs is 1. The van der Waals surface area contributed by atoms with Crippen molar-refractivity contribution < 1.29 is 9.53 Å². The molecule has 1 amide bonds. The fourth-order valence-corrected chi connectivity index (χ4v) is 2.29. The van der Waals surface area contributed by atoms with Crippen molar-refractivity contribution in [2.45, 2.75) is 20.8 Å². The topological polar surface area (TPSA) is 55.6 Å². The van der Waals surface area contributed by atoms with E-state index < -0.39 is 0 Å². The molecular weight excluding hydrogens is 302 g/mol. The van der Waals surface area contributed by atoms with Gasteiger partial charge in [-0.15, -0.1) is 0 Å². The summed E-state index contributed by atoms with van der Waals surface area (Å²) in [7, 11) is 0. The lowest BCUT2D eigenvalue weighted by molar-refractivity contribution is 0.102. The van der Waals surface area contributed by atoms with Crippen molar-refractivity contribution in [3.63, 3.8) is 0 Å². The Kier molecular flexibility index (Phi) is 4.51.